The Morgan fingerprint density at radius 1 is 1.14 bits per heavy atom. The van der Waals surface area contributed by atoms with Gasteiger partial charge < -0.3 is 22.1 Å². The van der Waals surface area contributed by atoms with E-state index in [1.54, 1.807) is 16.8 Å². The van der Waals surface area contributed by atoms with Gasteiger partial charge in [-0.3, -0.25) is 9.59 Å². The van der Waals surface area contributed by atoms with Crippen molar-refractivity contribution in [1.82, 2.24) is 15.1 Å². The number of aliphatic carboxylic acids is 1. The quantitative estimate of drug-likeness (QED) is 0.306. The molecule has 3 rings (SSSR count). The van der Waals surface area contributed by atoms with Crippen molar-refractivity contribution in [2.45, 2.75) is 89.8 Å². The fraction of sp³-hybridized carbons (Fsp3) is 0.593. The van der Waals surface area contributed by atoms with Crippen LogP contribution < -0.4 is 34.9 Å². The Hall–Kier alpha value is -1.78. The van der Waals surface area contributed by atoms with Gasteiger partial charge in [-0.25, -0.2) is 9.07 Å². The number of nitrogens with one attached hydrogen (secondary N) is 1. The second-order valence-electron chi connectivity index (χ2n) is 10.1. The first-order chi connectivity index (χ1) is 17.2. The van der Waals surface area contributed by atoms with Crippen molar-refractivity contribution in [3.05, 3.63) is 47.0 Å². The largest absolute Gasteiger partial charge is 1.00 e. The van der Waals surface area contributed by atoms with Crippen molar-refractivity contribution in [2.75, 3.05) is 6.54 Å². The van der Waals surface area contributed by atoms with Crippen LogP contribution in [0.5, 0.6) is 0 Å². The average Bonchev–Trinajstić information content (AvgIpc) is 3.21. The van der Waals surface area contributed by atoms with E-state index in [-0.39, 0.29) is 61.5 Å². The second-order valence-corrected chi connectivity index (χ2v) is 10.1. The molecule has 1 amide bonds. The number of hydrogen-bond acceptors (Lipinski definition) is 5. The summed E-state index contributed by atoms with van der Waals surface area (Å²) in [6.45, 7) is 4.55. The van der Waals surface area contributed by atoms with Gasteiger partial charge in [-0.05, 0) is 68.2 Å². The van der Waals surface area contributed by atoms with E-state index in [0.29, 0.717) is 30.3 Å². The Morgan fingerprint density at radius 3 is 2.38 bits per heavy atom. The molecule has 0 aliphatic heterocycles. The molecule has 8 nitrogen and oxygen atoms in total. The van der Waals surface area contributed by atoms with E-state index < -0.39 is 24.6 Å². The van der Waals surface area contributed by atoms with Crippen molar-refractivity contribution in [3.63, 3.8) is 0 Å². The molecule has 0 unspecified atom stereocenters. The maximum atomic E-state index is 13.6. The second kappa shape index (κ2) is 15.0. The molecule has 1 heterocycles. The maximum Gasteiger partial charge on any atom is 1.00 e. The van der Waals surface area contributed by atoms with Crippen LogP contribution in [0, 0.1) is 11.7 Å². The van der Waals surface area contributed by atoms with Gasteiger partial charge in [-0.15, -0.1) is 0 Å². The average molecular weight is 528 g/mol. The number of nitrogens with zero attached hydrogens (tertiary/aromatic N) is 2. The molecule has 0 spiro atoms. The van der Waals surface area contributed by atoms with Crippen molar-refractivity contribution >= 4 is 11.9 Å². The Morgan fingerprint density at radius 2 is 1.78 bits per heavy atom. The Labute approximate surface area is 241 Å². The zero-order valence-corrected chi connectivity index (χ0v) is 24.1. The number of aromatic nitrogens is 2. The summed E-state index contributed by atoms with van der Waals surface area (Å²) in [6.07, 6.45) is 3.83. The van der Waals surface area contributed by atoms with Crippen molar-refractivity contribution < 1.29 is 60.3 Å². The fourth-order valence-corrected chi connectivity index (χ4v) is 5.01. The molecule has 0 saturated heterocycles. The fourth-order valence-electron chi connectivity index (χ4n) is 5.01. The summed E-state index contributed by atoms with van der Waals surface area (Å²) in [5, 5.41) is 36.9. The van der Waals surface area contributed by atoms with Crippen LogP contribution in [0.3, 0.4) is 0 Å². The minimum absolute atomic E-state index is 0. The van der Waals surface area contributed by atoms with E-state index in [1.165, 1.54) is 31.4 Å². The number of halogens is 1. The third-order valence-electron chi connectivity index (χ3n) is 6.83. The van der Waals surface area contributed by atoms with E-state index in [4.69, 9.17) is 5.11 Å². The number of carbonyl (C=O) groups is 2. The minimum atomic E-state index is -1.15. The number of aliphatic hydroxyl groups excluding tert-OH is 2. The van der Waals surface area contributed by atoms with Crippen molar-refractivity contribution in [1.29, 1.82) is 0 Å². The number of hydrogen-bond donors (Lipinski definition) is 4. The summed E-state index contributed by atoms with van der Waals surface area (Å²) in [5.41, 5.74) is 2.41. The molecule has 2 aromatic rings. The molecule has 1 aliphatic rings. The van der Waals surface area contributed by atoms with Crippen molar-refractivity contribution in [2.24, 2.45) is 5.92 Å². The number of carbonyl (C=O) groups excluding carboxylic acids is 1. The van der Waals surface area contributed by atoms with Crippen LogP contribution in [0.25, 0.3) is 5.69 Å². The van der Waals surface area contributed by atoms with Gasteiger partial charge in [-0.1, -0.05) is 33.1 Å². The SMILES string of the molecule is CC(C)c1c(C(=O)NCC2CCCCC2)nn(-c2ccc(F)cc2)c1CC[C@@H](O)C[C@@H](O)CC(=O)O.[H-].[Na+]. The van der Waals surface area contributed by atoms with E-state index in [9.17, 15) is 24.2 Å². The number of amides is 1. The Kier molecular flexibility index (Phi) is 12.7. The molecule has 2 atom stereocenters. The standard InChI is InChI=1S/C27H38FN3O5.Na.H/c1-17(2)25-23(13-12-21(32)14-22(33)15-24(34)35)31(20-10-8-19(28)9-11-20)30-26(25)27(36)29-16-18-6-4-3-5-7-18;;/h8-11,17-18,21-22,32-33H,3-7,12-16H2,1-2H3,(H,29,36)(H,34,35);;/q;+1;-1/t21-,22-;;/m1../s1. The summed E-state index contributed by atoms with van der Waals surface area (Å²) in [5.74, 6) is -1.33. The molecule has 4 N–H and O–H groups in total. The van der Waals surface area contributed by atoms with Crippen molar-refractivity contribution in [3.8, 4) is 5.69 Å². The molecule has 1 fully saturated rings. The van der Waals surface area contributed by atoms with Crippen LogP contribution in [-0.2, 0) is 11.2 Å². The molecule has 1 aliphatic carbocycles. The van der Waals surface area contributed by atoms with Gasteiger partial charge in [0.05, 0.1) is 24.3 Å². The Balaban J connectivity index is 0.00000361. The van der Waals surface area contributed by atoms with Crippen LogP contribution >= 0.6 is 0 Å². The van der Waals surface area contributed by atoms with Crippen LogP contribution in [0.15, 0.2) is 24.3 Å². The molecule has 1 saturated carbocycles. The zero-order valence-electron chi connectivity index (χ0n) is 23.1. The van der Waals surface area contributed by atoms with Gasteiger partial charge in [0, 0.05) is 17.8 Å². The molecule has 200 valence electrons. The normalized spacial score (nSPS) is 15.7. The van der Waals surface area contributed by atoms with Crippen LogP contribution in [0.2, 0.25) is 0 Å². The first kappa shape index (κ1) is 31.4. The zero-order chi connectivity index (χ0) is 26.2. The summed E-state index contributed by atoms with van der Waals surface area (Å²) >= 11 is 0. The maximum absolute atomic E-state index is 13.6. The molecule has 10 heteroatoms. The van der Waals surface area contributed by atoms with E-state index in [2.05, 4.69) is 10.4 Å². The topological polar surface area (TPSA) is 125 Å². The molecular formula is C27H39FN3NaO5. The minimum Gasteiger partial charge on any atom is -1.00 e. The number of carboxylic acids is 1. The third kappa shape index (κ3) is 9.18. The Bertz CT molecular complexity index is 1030. The first-order valence-electron chi connectivity index (χ1n) is 12.9. The summed E-state index contributed by atoms with van der Waals surface area (Å²) < 4.78 is 15.2. The smallest absolute Gasteiger partial charge is 1.00 e. The number of carboxylic acid groups (broad SMARTS) is 1. The van der Waals surface area contributed by atoms with Gasteiger partial charge >= 0.3 is 35.5 Å². The predicted octanol–water partition coefficient (Wildman–Crippen LogP) is 1.08. The predicted molar refractivity (Wildman–Crippen MR) is 135 cm³/mol. The third-order valence-corrected chi connectivity index (χ3v) is 6.83. The molecule has 0 bridgehead atoms. The van der Waals surface area contributed by atoms with E-state index in [0.717, 1.165) is 24.1 Å². The van der Waals surface area contributed by atoms with Crippen LogP contribution in [0.1, 0.15) is 94.3 Å². The molecular weight excluding hydrogens is 488 g/mol. The van der Waals surface area contributed by atoms with Gasteiger partial charge in [0.2, 0.25) is 0 Å². The van der Waals surface area contributed by atoms with Gasteiger partial charge in [0.1, 0.15) is 5.82 Å². The summed E-state index contributed by atoms with van der Waals surface area (Å²) in [4.78, 5) is 24.1. The summed E-state index contributed by atoms with van der Waals surface area (Å²) in [7, 11) is 0. The molecule has 0 radical (unpaired) electrons. The van der Waals surface area contributed by atoms with Crippen LogP contribution in [-0.4, -0.2) is 55.7 Å². The van der Waals surface area contributed by atoms with E-state index in [1.807, 2.05) is 13.8 Å². The molecule has 1 aromatic heterocycles. The number of benzene rings is 1. The monoisotopic (exact) mass is 527 g/mol. The van der Waals surface area contributed by atoms with Crippen LogP contribution in [0.4, 0.5) is 4.39 Å². The van der Waals surface area contributed by atoms with Gasteiger partial charge in [-0.2, -0.15) is 5.10 Å². The number of aliphatic hydroxyl groups is 2. The van der Waals surface area contributed by atoms with Gasteiger partial charge in [0.15, 0.2) is 5.69 Å². The molecule has 1 aromatic carbocycles. The van der Waals surface area contributed by atoms with Gasteiger partial charge in [0.25, 0.3) is 5.91 Å². The van der Waals surface area contributed by atoms with E-state index >= 15 is 0 Å². The molecule has 37 heavy (non-hydrogen) atoms. The number of rotatable bonds is 12. The first-order valence-corrected chi connectivity index (χ1v) is 12.9. The summed E-state index contributed by atoms with van der Waals surface area (Å²) in [6, 6.07) is 5.84.